The van der Waals surface area contributed by atoms with Crippen molar-refractivity contribution in [3.63, 3.8) is 0 Å². The zero-order chi connectivity index (χ0) is 23.5. The van der Waals surface area contributed by atoms with Crippen molar-refractivity contribution in [2.75, 3.05) is 11.0 Å². The molecule has 0 saturated heterocycles. The third-order valence-electron chi connectivity index (χ3n) is 4.12. The molecule has 170 valence electrons. The Labute approximate surface area is 186 Å². The van der Waals surface area contributed by atoms with Crippen LogP contribution in [0.1, 0.15) is 17.3 Å². The summed E-state index contributed by atoms with van der Waals surface area (Å²) in [7, 11) is -3.46. The lowest BCUT2D eigenvalue weighted by Crippen LogP contribution is -2.20. The number of aromatic nitrogens is 4. The number of alkyl halides is 3. The fourth-order valence-corrected chi connectivity index (χ4v) is 4.27. The topological polar surface area (TPSA) is 107 Å². The first-order valence-electron chi connectivity index (χ1n) is 9.12. The van der Waals surface area contributed by atoms with Gasteiger partial charge in [0, 0.05) is 29.2 Å². The predicted molar refractivity (Wildman–Crippen MR) is 114 cm³/mol. The van der Waals surface area contributed by atoms with E-state index < -0.39 is 28.0 Å². The molecular weight excluding hydrogens is 467 g/mol. The lowest BCUT2D eigenvalue weighted by atomic mass is 10.1. The predicted octanol–water partition coefficient (Wildman–Crippen LogP) is 3.64. The number of carbonyl (C=O) groups is 1. The van der Waals surface area contributed by atoms with Crippen LogP contribution in [-0.2, 0) is 16.6 Å². The molecule has 8 nitrogen and oxygen atoms in total. The van der Waals surface area contributed by atoms with Gasteiger partial charge in [-0.15, -0.1) is 10.2 Å². The maximum atomic E-state index is 13.2. The van der Waals surface area contributed by atoms with Gasteiger partial charge in [-0.05, 0) is 43.3 Å². The Morgan fingerprint density at radius 3 is 2.31 bits per heavy atom. The standard InChI is InChI=1S/C19H18F3N5O3S2/c1-12(16(28)13-3-5-15(6-4-13)26-32(2,29)30)31-18-25-24-17(14-7-9-23-10-8-14)27(18)11-19(20,21)22/h3-10,12,26H,11H2,1-2H3. The summed E-state index contributed by atoms with van der Waals surface area (Å²) in [5.74, 6) is -0.337. The Balaban J connectivity index is 1.83. The van der Waals surface area contributed by atoms with Crippen molar-refractivity contribution in [3.05, 3.63) is 54.4 Å². The molecule has 2 aromatic heterocycles. The number of rotatable bonds is 8. The number of benzene rings is 1. The SMILES string of the molecule is CC(Sc1nnc(-c2ccncc2)n1CC(F)(F)F)C(=O)c1ccc(NS(C)(=O)=O)cc1. The zero-order valence-corrected chi connectivity index (χ0v) is 18.5. The molecule has 0 bridgehead atoms. The summed E-state index contributed by atoms with van der Waals surface area (Å²) in [6.45, 7) is 0.237. The van der Waals surface area contributed by atoms with E-state index in [0.29, 0.717) is 5.56 Å². The number of Topliss-reactive ketones (excluding diaryl/α,β-unsaturated/α-hetero) is 1. The fourth-order valence-electron chi connectivity index (χ4n) is 2.78. The van der Waals surface area contributed by atoms with Gasteiger partial charge >= 0.3 is 6.18 Å². The quantitative estimate of drug-likeness (QED) is 0.383. The van der Waals surface area contributed by atoms with Crippen LogP contribution >= 0.6 is 11.8 Å². The van der Waals surface area contributed by atoms with Gasteiger partial charge in [0.25, 0.3) is 0 Å². The molecule has 0 fully saturated rings. The highest BCUT2D eigenvalue weighted by Crippen LogP contribution is 2.31. The lowest BCUT2D eigenvalue weighted by Gasteiger charge is -2.15. The first kappa shape index (κ1) is 23.7. The van der Waals surface area contributed by atoms with E-state index in [1.165, 1.54) is 48.8 Å². The largest absolute Gasteiger partial charge is 0.406 e. The van der Waals surface area contributed by atoms with E-state index in [1.54, 1.807) is 6.92 Å². The first-order chi connectivity index (χ1) is 14.9. The minimum Gasteiger partial charge on any atom is -0.293 e. The van der Waals surface area contributed by atoms with Crippen LogP contribution in [0.4, 0.5) is 18.9 Å². The summed E-state index contributed by atoms with van der Waals surface area (Å²) >= 11 is 0.856. The number of carbonyl (C=O) groups excluding carboxylic acids is 1. The molecule has 32 heavy (non-hydrogen) atoms. The summed E-state index contributed by atoms with van der Waals surface area (Å²) < 4.78 is 65.4. The molecule has 3 aromatic rings. The number of hydrogen-bond acceptors (Lipinski definition) is 7. The van der Waals surface area contributed by atoms with Crippen molar-refractivity contribution < 1.29 is 26.4 Å². The molecule has 1 N–H and O–H groups in total. The maximum absolute atomic E-state index is 13.2. The van der Waals surface area contributed by atoms with Crippen LogP contribution in [0.25, 0.3) is 11.4 Å². The zero-order valence-electron chi connectivity index (χ0n) is 16.9. The number of pyridine rings is 1. The molecule has 1 atom stereocenters. The van der Waals surface area contributed by atoms with Gasteiger partial charge in [-0.1, -0.05) is 11.8 Å². The summed E-state index contributed by atoms with van der Waals surface area (Å²) in [6, 6.07) is 8.78. The highest BCUT2D eigenvalue weighted by molar-refractivity contribution is 8.00. The molecule has 0 amide bonds. The Bertz CT molecular complexity index is 1200. The maximum Gasteiger partial charge on any atom is 0.406 e. The van der Waals surface area contributed by atoms with Crippen LogP contribution in [0.5, 0.6) is 0 Å². The molecule has 0 aliphatic carbocycles. The summed E-state index contributed by atoms with van der Waals surface area (Å²) in [5, 5.41) is 6.94. The van der Waals surface area contributed by atoms with E-state index in [1.807, 2.05) is 0 Å². The van der Waals surface area contributed by atoms with Crippen molar-refractivity contribution in [2.45, 2.75) is 30.1 Å². The minimum absolute atomic E-state index is 0.0167. The third kappa shape index (κ3) is 6.29. The van der Waals surface area contributed by atoms with E-state index in [4.69, 9.17) is 0 Å². The molecule has 2 heterocycles. The molecule has 0 radical (unpaired) electrons. The Morgan fingerprint density at radius 1 is 1.12 bits per heavy atom. The molecule has 0 spiro atoms. The van der Waals surface area contributed by atoms with E-state index in [-0.39, 0.29) is 28.0 Å². The van der Waals surface area contributed by atoms with Gasteiger partial charge in [-0.2, -0.15) is 13.2 Å². The van der Waals surface area contributed by atoms with Crippen molar-refractivity contribution in [1.29, 1.82) is 0 Å². The van der Waals surface area contributed by atoms with Gasteiger partial charge in [0.05, 0.1) is 11.5 Å². The number of thioether (sulfide) groups is 1. The smallest absolute Gasteiger partial charge is 0.293 e. The number of halogens is 3. The number of ketones is 1. The number of anilines is 1. The molecule has 13 heteroatoms. The van der Waals surface area contributed by atoms with E-state index in [9.17, 15) is 26.4 Å². The Kier molecular flexibility index (Phi) is 6.88. The summed E-state index contributed by atoms with van der Waals surface area (Å²) in [4.78, 5) is 16.6. The average Bonchev–Trinajstić information content (AvgIpc) is 3.08. The van der Waals surface area contributed by atoms with Gasteiger partial charge in [-0.25, -0.2) is 8.42 Å². The van der Waals surface area contributed by atoms with E-state index in [2.05, 4.69) is 19.9 Å². The molecule has 3 rings (SSSR count). The van der Waals surface area contributed by atoms with Crippen LogP contribution in [0.2, 0.25) is 0 Å². The average molecular weight is 486 g/mol. The second-order valence-electron chi connectivity index (χ2n) is 6.82. The second kappa shape index (κ2) is 9.28. The second-order valence-corrected chi connectivity index (χ2v) is 9.88. The number of nitrogens with zero attached hydrogens (tertiary/aromatic N) is 4. The molecule has 0 aliphatic heterocycles. The number of sulfonamides is 1. The number of nitrogens with one attached hydrogen (secondary N) is 1. The third-order valence-corrected chi connectivity index (χ3v) is 5.80. The summed E-state index contributed by atoms with van der Waals surface area (Å²) in [6.07, 6.45) is -0.649. The Hall–Kier alpha value is -2.93. The highest BCUT2D eigenvalue weighted by Gasteiger charge is 2.32. The van der Waals surface area contributed by atoms with Crippen molar-refractivity contribution >= 4 is 33.3 Å². The minimum atomic E-state index is -4.52. The molecule has 1 aromatic carbocycles. The van der Waals surface area contributed by atoms with Gasteiger partial charge in [0.15, 0.2) is 16.8 Å². The van der Waals surface area contributed by atoms with Crippen LogP contribution in [0.15, 0.2) is 53.9 Å². The van der Waals surface area contributed by atoms with Crippen LogP contribution in [-0.4, -0.2) is 51.6 Å². The molecule has 0 aliphatic rings. The van der Waals surface area contributed by atoms with Crippen molar-refractivity contribution in [2.24, 2.45) is 0 Å². The van der Waals surface area contributed by atoms with Crippen LogP contribution < -0.4 is 4.72 Å². The Morgan fingerprint density at radius 2 is 1.75 bits per heavy atom. The van der Waals surface area contributed by atoms with E-state index >= 15 is 0 Å². The monoisotopic (exact) mass is 485 g/mol. The van der Waals surface area contributed by atoms with Gasteiger partial charge in [-0.3, -0.25) is 19.1 Å². The highest BCUT2D eigenvalue weighted by atomic mass is 32.2. The van der Waals surface area contributed by atoms with E-state index in [0.717, 1.165) is 22.6 Å². The first-order valence-corrected chi connectivity index (χ1v) is 11.9. The normalized spacial score (nSPS) is 13.0. The molecular formula is C19H18F3N5O3S2. The van der Waals surface area contributed by atoms with Crippen molar-refractivity contribution in [3.8, 4) is 11.4 Å². The van der Waals surface area contributed by atoms with Gasteiger partial charge in [0.1, 0.15) is 6.54 Å². The van der Waals surface area contributed by atoms with Gasteiger partial charge in [0.2, 0.25) is 10.0 Å². The summed E-state index contributed by atoms with van der Waals surface area (Å²) in [5.41, 5.74) is 0.980. The fraction of sp³-hybridized carbons (Fsp3) is 0.263. The lowest BCUT2D eigenvalue weighted by molar-refractivity contribution is -0.141. The van der Waals surface area contributed by atoms with Gasteiger partial charge < -0.3 is 0 Å². The van der Waals surface area contributed by atoms with Crippen molar-refractivity contribution in [1.82, 2.24) is 19.7 Å². The molecule has 0 saturated carbocycles. The van der Waals surface area contributed by atoms with Crippen LogP contribution in [0.3, 0.4) is 0 Å². The molecule has 1 unspecified atom stereocenters. The van der Waals surface area contributed by atoms with Crippen LogP contribution in [0, 0.1) is 0 Å². The number of hydrogen-bond donors (Lipinski definition) is 1.